The summed E-state index contributed by atoms with van der Waals surface area (Å²) in [6.07, 6.45) is 6.19. The van der Waals surface area contributed by atoms with Crippen molar-refractivity contribution in [3.63, 3.8) is 0 Å². The quantitative estimate of drug-likeness (QED) is 0.797. The van der Waals surface area contributed by atoms with E-state index in [4.69, 9.17) is 12.2 Å². The van der Waals surface area contributed by atoms with E-state index in [-0.39, 0.29) is 5.82 Å². The summed E-state index contributed by atoms with van der Waals surface area (Å²) < 4.78 is 13.2. The maximum absolute atomic E-state index is 13.2. The molecule has 0 bridgehead atoms. The van der Waals surface area contributed by atoms with Crippen molar-refractivity contribution in [3.8, 4) is 0 Å². The monoisotopic (exact) mass is 266 g/mol. The second-order valence-corrected chi connectivity index (χ2v) is 5.36. The molecule has 1 aromatic rings. The molecular weight excluding hydrogens is 247 g/mol. The zero-order valence-corrected chi connectivity index (χ0v) is 11.4. The molecule has 98 valence electrons. The van der Waals surface area contributed by atoms with Crippen molar-refractivity contribution >= 4 is 23.0 Å². The van der Waals surface area contributed by atoms with Crippen LogP contribution in [0.2, 0.25) is 0 Å². The molecule has 18 heavy (non-hydrogen) atoms. The summed E-state index contributed by atoms with van der Waals surface area (Å²) in [5.41, 5.74) is 1.60. The second kappa shape index (κ2) is 6.14. The summed E-state index contributed by atoms with van der Waals surface area (Å²) in [4.78, 5) is 0. The Hall–Kier alpha value is -1.16. The normalized spacial score (nSPS) is 16.3. The van der Waals surface area contributed by atoms with Gasteiger partial charge in [-0.15, -0.1) is 0 Å². The first-order chi connectivity index (χ1) is 8.63. The van der Waals surface area contributed by atoms with Gasteiger partial charge in [-0.25, -0.2) is 4.39 Å². The fourth-order valence-corrected chi connectivity index (χ4v) is 2.69. The molecular formula is C14H19FN2S. The molecule has 1 fully saturated rings. The smallest absolute Gasteiger partial charge is 0.170 e. The standard InChI is InChI=1S/C14H19FN2S/c1-10-7-11(15)9-13(8-10)17-14(18)16-12-5-3-2-4-6-12/h7-9,12H,2-6H2,1H3,(H2,16,17,18). The number of rotatable bonds is 2. The Kier molecular flexibility index (Phi) is 4.53. The SMILES string of the molecule is Cc1cc(F)cc(NC(=S)NC2CCCCC2)c1. The summed E-state index contributed by atoms with van der Waals surface area (Å²) in [6, 6.07) is 5.32. The maximum Gasteiger partial charge on any atom is 0.170 e. The number of anilines is 1. The van der Waals surface area contributed by atoms with Crippen molar-refractivity contribution in [3.05, 3.63) is 29.6 Å². The van der Waals surface area contributed by atoms with E-state index in [9.17, 15) is 4.39 Å². The van der Waals surface area contributed by atoms with Crippen LogP contribution in [0, 0.1) is 12.7 Å². The zero-order valence-electron chi connectivity index (χ0n) is 10.6. The predicted molar refractivity (Wildman–Crippen MR) is 77.4 cm³/mol. The van der Waals surface area contributed by atoms with Gasteiger partial charge in [0.1, 0.15) is 5.82 Å². The van der Waals surface area contributed by atoms with Crippen LogP contribution in [0.5, 0.6) is 0 Å². The third-order valence-corrected chi connectivity index (χ3v) is 3.46. The minimum atomic E-state index is -0.238. The van der Waals surface area contributed by atoms with Crippen LogP contribution in [-0.4, -0.2) is 11.2 Å². The molecule has 0 aliphatic heterocycles. The predicted octanol–water partition coefficient (Wildman–Crippen LogP) is 3.75. The van der Waals surface area contributed by atoms with Gasteiger partial charge in [-0.2, -0.15) is 0 Å². The summed E-state index contributed by atoms with van der Waals surface area (Å²) in [6.45, 7) is 1.87. The van der Waals surface area contributed by atoms with E-state index in [1.165, 1.54) is 44.2 Å². The highest BCUT2D eigenvalue weighted by atomic mass is 32.1. The van der Waals surface area contributed by atoms with E-state index < -0.39 is 0 Å². The van der Waals surface area contributed by atoms with Crippen molar-refractivity contribution in [2.45, 2.75) is 45.1 Å². The number of hydrogen-bond donors (Lipinski definition) is 2. The first-order valence-corrected chi connectivity index (χ1v) is 6.89. The van der Waals surface area contributed by atoms with Crippen LogP contribution in [0.25, 0.3) is 0 Å². The fraction of sp³-hybridized carbons (Fsp3) is 0.500. The fourth-order valence-electron chi connectivity index (χ4n) is 2.41. The number of aryl methyl sites for hydroxylation is 1. The molecule has 0 saturated heterocycles. The minimum absolute atomic E-state index is 0.238. The molecule has 2 nitrogen and oxygen atoms in total. The number of nitrogens with one attached hydrogen (secondary N) is 2. The Labute approximate surface area is 113 Å². The first kappa shape index (κ1) is 13.3. The van der Waals surface area contributed by atoms with Crippen LogP contribution >= 0.6 is 12.2 Å². The maximum atomic E-state index is 13.2. The van der Waals surface area contributed by atoms with E-state index in [1.807, 2.05) is 13.0 Å². The van der Waals surface area contributed by atoms with Gasteiger partial charge in [-0.05, 0) is 55.7 Å². The molecule has 1 aliphatic carbocycles. The van der Waals surface area contributed by atoms with Gasteiger partial charge < -0.3 is 10.6 Å². The summed E-state index contributed by atoms with van der Waals surface area (Å²) in [5, 5.41) is 6.95. The van der Waals surface area contributed by atoms with Crippen molar-refractivity contribution < 1.29 is 4.39 Å². The summed E-state index contributed by atoms with van der Waals surface area (Å²) in [7, 11) is 0. The topological polar surface area (TPSA) is 24.1 Å². The Morgan fingerprint density at radius 3 is 2.61 bits per heavy atom. The number of halogens is 1. The van der Waals surface area contributed by atoms with Crippen LogP contribution in [-0.2, 0) is 0 Å². The van der Waals surface area contributed by atoms with Crippen LogP contribution < -0.4 is 10.6 Å². The average molecular weight is 266 g/mol. The summed E-state index contributed by atoms with van der Waals surface area (Å²) in [5.74, 6) is -0.238. The molecule has 4 heteroatoms. The van der Waals surface area contributed by atoms with Crippen molar-refractivity contribution in [1.29, 1.82) is 0 Å². The first-order valence-electron chi connectivity index (χ1n) is 6.48. The third kappa shape index (κ3) is 3.95. The van der Waals surface area contributed by atoms with Gasteiger partial charge >= 0.3 is 0 Å². The molecule has 0 atom stereocenters. The van der Waals surface area contributed by atoms with E-state index in [1.54, 1.807) is 0 Å². The molecule has 1 aromatic carbocycles. The van der Waals surface area contributed by atoms with E-state index in [0.717, 1.165) is 5.56 Å². The molecule has 0 spiro atoms. The molecule has 2 N–H and O–H groups in total. The number of hydrogen-bond acceptors (Lipinski definition) is 1. The lowest BCUT2D eigenvalue weighted by molar-refractivity contribution is 0.415. The highest BCUT2D eigenvalue weighted by Gasteiger charge is 2.13. The molecule has 1 aliphatic rings. The number of benzene rings is 1. The van der Waals surface area contributed by atoms with Gasteiger partial charge in [-0.3, -0.25) is 0 Å². The van der Waals surface area contributed by atoms with Gasteiger partial charge in [0.2, 0.25) is 0 Å². The number of thiocarbonyl (C=S) groups is 1. The largest absolute Gasteiger partial charge is 0.360 e. The highest BCUT2D eigenvalue weighted by Crippen LogP contribution is 2.18. The Balaban J connectivity index is 1.89. The van der Waals surface area contributed by atoms with Crippen molar-refractivity contribution in [2.75, 3.05) is 5.32 Å². The van der Waals surface area contributed by atoms with Crippen LogP contribution in [0.1, 0.15) is 37.7 Å². The van der Waals surface area contributed by atoms with Crippen LogP contribution in [0.3, 0.4) is 0 Å². The molecule has 0 heterocycles. The molecule has 0 amide bonds. The van der Waals surface area contributed by atoms with Gasteiger partial charge in [0.05, 0.1) is 0 Å². The van der Waals surface area contributed by atoms with Crippen LogP contribution in [0.4, 0.5) is 10.1 Å². The van der Waals surface area contributed by atoms with Gasteiger partial charge in [0.25, 0.3) is 0 Å². The van der Waals surface area contributed by atoms with Crippen LogP contribution in [0.15, 0.2) is 18.2 Å². The van der Waals surface area contributed by atoms with E-state index in [0.29, 0.717) is 16.8 Å². The Morgan fingerprint density at radius 1 is 1.22 bits per heavy atom. The summed E-state index contributed by atoms with van der Waals surface area (Å²) >= 11 is 5.26. The molecule has 1 saturated carbocycles. The second-order valence-electron chi connectivity index (χ2n) is 4.95. The lowest BCUT2D eigenvalue weighted by Gasteiger charge is -2.24. The van der Waals surface area contributed by atoms with E-state index in [2.05, 4.69) is 10.6 Å². The van der Waals surface area contributed by atoms with E-state index >= 15 is 0 Å². The zero-order chi connectivity index (χ0) is 13.0. The molecule has 0 unspecified atom stereocenters. The van der Waals surface area contributed by atoms with Gasteiger partial charge in [0.15, 0.2) is 5.11 Å². The third-order valence-electron chi connectivity index (χ3n) is 3.24. The minimum Gasteiger partial charge on any atom is -0.360 e. The van der Waals surface area contributed by atoms with Crippen molar-refractivity contribution in [2.24, 2.45) is 0 Å². The lowest BCUT2D eigenvalue weighted by Crippen LogP contribution is -2.38. The molecule has 0 radical (unpaired) electrons. The Bertz CT molecular complexity index is 408. The average Bonchev–Trinajstić information content (AvgIpc) is 2.28. The molecule has 0 aromatic heterocycles. The van der Waals surface area contributed by atoms with Crippen molar-refractivity contribution in [1.82, 2.24) is 5.32 Å². The lowest BCUT2D eigenvalue weighted by atomic mass is 9.96. The van der Waals surface area contributed by atoms with Gasteiger partial charge in [0, 0.05) is 11.7 Å². The van der Waals surface area contributed by atoms with Gasteiger partial charge in [-0.1, -0.05) is 19.3 Å². The Morgan fingerprint density at radius 2 is 1.94 bits per heavy atom. The molecule has 2 rings (SSSR count). The highest BCUT2D eigenvalue weighted by molar-refractivity contribution is 7.80.